The number of fused-ring (bicyclic) bond motifs is 2. The average molecular weight is 569 g/mol. The minimum atomic E-state index is -4.19. The molecule has 2 aliphatic heterocycles. The zero-order valence-electron chi connectivity index (χ0n) is 20.6. The lowest BCUT2D eigenvalue weighted by Crippen LogP contribution is -2.36. The molecule has 0 saturated carbocycles. The molecular formula is C22H26ClN6O8P. The SMILES string of the molecule is C[C@H](NP(=O)(OC[C@H]1O[C@@H](n2cnc3c(Cl)nc(N)nc32)[C@@H]2OC(C)(C)O[C@@H]21)Oc1ccccc1)C(=O)O. The Morgan fingerprint density at radius 2 is 2.00 bits per heavy atom. The fourth-order valence-electron chi connectivity index (χ4n) is 4.28. The van der Waals surface area contributed by atoms with Gasteiger partial charge >= 0.3 is 13.7 Å². The first-order valence-corrected chi connectivity index (χ1v) is 13.5. The molecule has 0 bridgehead atoms. The van der Waals surface area contributed by atoms with Gasteiger partial charge in [-0.1, -0.05) is 29.8 Å². The highest BCUT2D eigenvalue weighted by Gasteiger charge is 2.56. The highest BCUT2D eigenvalue weighted by Crippen LogP contribution is 2.48. The summed E-state index contributed by atoms with van der Waals surface area (Å²) in [4.78, 5) is 23.9. The fraction of sp³-hybridized carbons (Fsp3) is 0.455. The van der Waals surface area contributed by atoms with Gasteiger partial charge in [-0.2, -0.15) is 15.1 Å². The molecular weight excluding hydrogens is 543 g/mol. The topological polar surface area (TPSA) is 182 Å². The molecule has 204 valence electrons. The van der Waals surface area contributed by atoms with E-state index in [-0.39, 0.29) is 23.5 Å². The number of ether oxygens (including phenoxy) is 3. The van der Waals surface area contributed by atoms with E-state index in [1.807, 2.05) is 0 Å². The van der Waals surface area contributed by atoms with E-state index in [2.05, 4.69) is 20.0 Å². The molecule has 4 N–H and O–H groups in total. The highest BCUT2D eigenvalue weighted by atomic mass is 35.5. The summed E-state index contributed by atoms with van der Waals surface area (Å²) < 4.78 is 45.0. The van der Waals surface area contributed by atoms with E-state index in [0.29, 0.717) is 11.2 Å². The summed E-state index contributed by atoms with van der Waals surface area (Å²) in [7, 11) is -4.19. The van der Waals surface area contributed by atoms with E-state index in [9.17, 15) is 14.5 Å². The summed E-state index contributed by atoms with van der Waals surface area (Å²) >= 11 is 6.18. The van der Waals surface area contributed by atoms with Crippen molar-refractivity contribution in [3.05, 3.63) is 41.8 Å². The van der Waals surface area contributed by atoms with E-state index in [1.54, 1.807) is 48.7 Å². The lowest BCUT2D eigenvalue weighted by Gasteiger charge is -2.26. The molecule has 2 fully saturated rings. The summed E-state index contributed by atoms with van der Waals surface area (Å²) in [6.07, 6.45) is -1.39. The van der Waals surface area contributed by atoms with Crippen LogP contribution in [0.4, 0.5) is 5.95 Å². The number of benzene rings is 1. The van der Waals surface area contributed by atoms with E-state index >= 15 is 0 Å². The van der Waals surface area contributed by atoms with Gasteiger partial charge in [0.05, 0.1) is 12.9 Å². The second kappa shape index (κ2) is 10.0. The molecule has 1 unspecified atom stereocenters. The Morgan fingerprint density at radius 3 is 2.71 bits per heavy atom. The van der Waals surface area contributed by atoms with Crippen LogP contribution < -0.4 is 15.3 Å². The monoisotopic (exact) mass is 568 g/mol. The quantitative estimate of drug-likeness (QED) is 0.253. The Balaban J connectivity index is 1.41. The summed E-state index contributed by atoms with van der Waals surface area (Å²) in [6.45, 7) is 4.54. The molecule has 0 radical (unpaired) electrons. The van der Waals surface area contributed by atoms with E-state index in [1.165, 1.54) is 13.3 Å². The molecule has 0 amide bonds. The second-order valence-electron chi connectivity index (χ2n) is 9.21. The third-order valence-electron chi connectivity index (χ3n) is 5.90. The maximum absolute atomic E-state index is 13.6. The minimum Gasteiger partial charge on any atom is -0.480 e. The van der Waals surface area contributed by atoms with Crippen LogP contribution in [0.15, 0.2) is 36.7 Å². The number of nitrogens with two attached hydrogens (primary N) is 1. The Bertz CT molecular complexity index is 1390. The van der Waals surface area contributed by atoms with Gasteiger partial charge < -0.3 is 29.6 Å². The van der Waals surface area contributed by atoms with Crippen molar-refractivity contribution in [3.63, 3.8) is 0 Å². The molecule has 16 heteroatoms. The Hall–Kier alpha value is -2.84. The van der Waals surface area contributed by atoms with Gasteiger partial charge in [0, 0.05) is 0 Å². The van der Waals surface area contributed by atoms with Gasteiger partial charge in [-0.25, -0.2) is 9.55 Å². The van der Waals surface area contributed by atoms with Crippen molar-refractivity contribution in [2.45, 2.75) is 57.1 Å². The Morgan fingerprint density at radius 1 is 1.29 bits per heavy atom. The molecule has 3 aromatic rings. The number of nitrogen functional groups attached to an aromatic ring is 1. The number of para-hydroxylation sites is 1. The first kappa shape index (κ1) is 26.8. The van der Waals surface area contributed by atoms with Gasteiger partial charge in [-0.3, -0.25) is 13.9 Å². The average Bonchev–Trinajstić information content (AvgIpc) is 3.49. The van der Waals surface area contributed by atoms with Crippen LogP contribution in [0.3, 0.4) is 0 Å². The fourth-order valence-corrected chi connectivity index (χ4v) is 6.00. The standard InChI is InChI=1S/C22H26ClN6O8P/c1-11(20(30)31)28-38(32,37-12-7-5-4-6-8-12)33-9-13-15-16(36-22(2,3)35-15)19(34-13)29-10-25-14-17(23)26-21(24)27-18(14)29/h4-8,10-11,13,15-16,19H,9H2,1-3H3,(H,28,32)(H,30,31)(H2,24,26,27)/t11-,13+,15+,16+,19+,38?/m0/s1. The maximum atomic E-state index is 13.6. The first-order valence-electron chi connectivity index (χ1n) is 11.6. The van der Waals surface area contributed by atoms with Crippen molar-refractivity contribution in [2.24, 2.45) is 0 Å². The summed E-state index contributed by atoms with van der Waals surface area (Å²) in [5.74, 6) is -2.01. The number of imidazole rings is 1. The number of hydrogen-bond acceptors (Lipinski definition) is 11. The number of aromatic nitrogens is 4. The van der Waals surface area contributed by atoms with Crippen LogP contribution in [0.1, 0.15) is 27.0 Å². The van der Waals surface area contributed by atoms with Crippen LogP contribution in [0.5, 0.6) is 5.75 Å². The number of hydrogen-bond donors (Lipinski definition) is 3. The molecule has 38 heavy (non-hydrogen) atoms. The zero-order chi connectivity index (χ0) is 27.2. The van der Waals surface area contributed by atoms with Crippen LogP contribution in [0.2, 0.25) is 5.15 Å². The normalized spacial score (nSPS) is 26.6. The van der Waals surface area contributed by atoms with Gasteiger partial charge in [0.25, 0.3) is 0 Å². The maximum Gasteiger partial charge on any atom is 0.459 e. The highest BCUT2D eigenvalue weighted by molar-refractivity contribution is 7.52. The number of rotatable bonds is 9. The summed E-state index contributed by atoms with van der Waals surface area (Å²) in [5, 5.41) is 11.9. The molecule has 2 saturated heterocycles. The van der Waals surface area contributed by atoms with Gasteiger partial charge in [0.15, 0.2) is 22.8 Å². The lowest BCUT2D eigenvalue weighted by atomic mass is 10.1. The zero-order valence-corrected chi connectivity index (χ0v) is 22.2. The molecule has 2 aromatic heterocycles. The summed E-state index contributed by atoms with van der Waals surface area (Å²) in [5.41, 5.74) is 6.45. The molecule has 2 aliphatic rings. The van der Waals surface area contributed by atoms with Crippen LogP contribution in [0.25, 0.3) is 11.2 Å². The third kappa shape index (κ3) is 5.34. The van der Waals surface area contributed by atoms with Gasteiger partial charge in [0.1, 0.15) is 35.6 Å². The van der Waals surface area contributed by atoms with E-state index in [0.717, 1.165) is 0 Å². The smallest absolute Gasteiger partial charge is 0.459 e. The second-order valence-corrected chi connectivity index (χ2v) is 11.3. The van der Waals surface area contributed by atoms with Crippen LogP contribution in [0, 0.1) is 0 Å². The van der Waals surface area contributed by atoms with Gasteiger partial charge in [-0.05, 0) is 32.9 Å². The molecule has 0 spiro atoms. The lowest BCUT2D eigenvalue weighted by molar-refractivity contribution is -0.199. The number of anilines is 1. The molecule has 6 atom stereocenters. The third-order valence-corrected chi connectivity index (χ3v) is 7.80. The van der Waals surface area contributed by atoms with E-state index < -0.39 is 50.1 Å². The van der Waals surface area contributed by atoms with Crippen LogP contribution in [-0.4, -0.2) is 67.3 Å². The number of halogens is 1. The van der Waals surface area contributed by atoms with Crippen molar-refractivity contribution in [3.8, 4) is 5.75 Å². The summed E-state index contributed by atoms with van der Waals surface area (Å²) in [6, 6.07) is 7.02. The molecule has 0 aliphatic carbocycles. The predicted molar refractivity (Wildman–Crippen MR) is 133 cm³/mol. The Kier molecular flexibility index (Phi) is 7.07. The number of carboxylic acid groups (broad SMARTS) is 1. The van der Waals surface area contributed by atoms with Gasteiger partial charge in [-0.15, -0.1) is 0 Å². The van der Waals surface area contributed by atoms with Crippen molar-refractivity contribution < 1.29 is 37.7 Å². The van der Waals surface area contributed by atoms with Crippen molar-refractivity contribution >= 4 is 42.4 Å². The number of carboxylic acids is 1. The van der Waals surface area contributed by atoms with Crippen LogP contribution in [-0.2, 0) is 28.1 Å². The van der Waals surface area contributed by atoms with Crippen molar-refractivity contribution in [1.29, 1.82) is 0 Å². The molecule has 5 rings (SSSR count). The van der Waals surface area contributed by atoms with Crippen molar-refractivity contribution in [1.82, 2.24) is 24.6 Å². The number of aliphatic carboxylic acids is 1. The molecule has 1 aromatic carbocycles. The van der Waals surface area contributed by atoms with Crippen molar-refractivity contribution in [2.75, 3.05) is 12.3 Å². The number of carbonyl (C=O) groups is 1. The number of nitrogens with zero attached hydrogens (tertiary/aromatic N) is 4. The van der Waals surface area contributed by atoms with Crippen LogP contribution >= 0.6 is 19.3 Å². The minimum absolute atomic E-state index is 0.0415. The Labute approximate surface area is 221 Å². The predicted octanol–water partition coefficient (Wildman–Crippen LogP) is 2.75. The number of nitrogens with one attached hydrogen (secondary N) is 1. The largest absolute Gasteiger partial charge is 0.480 e. The molecule has 4 heterocycles. The molecule has 14 nitrogen and oxygen atoms in total. The van der Waals surface area contributed by atoms with Gasteiger partial charge in [0.2, 0.25) is 5.95 Å². The van der Waals surface area contributed by atoms with E-state index in [4.69, 9.17) is 40.6 Å². The first-order chi connectivity index (χ1) is 17.9.